The first-order chi connectivity index (χ1) is 10.1. The van der Waals surface area contributed by atoms with E-state index in [-0.39, 0.29) is 22.8 Å². The first-order valence-corrected chi connectivity index (χ1v) is 7.26. The van der Waals surface area contributed by atoms with Crippen molar-refractivity contribution in [3.8, 4) is 0 Å². The number of piperidine rings is 1. The smallest absolute Gasteiger partial charge is 0.272 e. The molecule has 0 spiro atoms. The van der Waals surface area contributed by atoms with Crippen LogP contribution in [0.25, 0.3) is 0 Å². The maximum absolute atomic E-state index is 11.0. The number of likely N-dealkylation sites (tertiary alicyclic amines) is 1. The summed E-state index contributed by atoms with van der Waals surface area (Å²) in [7, 11) is 1.73. The molecule has 1 aromatic carbocycles. The van der Waals surface area contributed by atoms with Crippen molar-refractivity contribution in [2.24, 2.45) is 5.73 Å². The minimum absolute atomic E-state index is 0.184. The fraction of sp³-hybridized carbons (Fsp3) is 0.600. The van der Waals surface area contributed by atoms with E-state index in [9.17, 15) is 10.1 Å². The number of nitrogens with two attached hydrogens (primary N) is 1. The normalized spacial score (nSPS) is 23.2. The van der Waals surface area contributed by atoms with E-state index in [0.29, 0.717) is 13.1 Å². The number of nitrogens with zero attached hydrogens (tertiary/aromatic N) is 2. The number of benzene rings is 1. The first kappa shape index (κ1) is 15.9. The van der Waals surface area contributed by atoms with Gasteiger partial charge in [0.15, 0.2) is 0 Å². The van der Waals surface area contributed by atoms with Gasteiger partial charge in [0.1, 0.15) is 0 Å². The van der Waals surface area contributed by atoms with Gasteiger partial charge in [0.05, 0.1) is 11.0 Å². The van der Waals surface area contributed by atoms with Crippen LogP contribution in [0.5, 0.6) is 0 Å². The zero-order chi connectivity index (χ0) is 15.4. The summed E-state index contributed by atoms with van der Waals surface area (Å²) in [6.07, 6.45) is 2.16. The molecule has 1 fully saturated rings. The second-order valence-corrected chi connectivity index (χ2v) is 5.56. The highest BCUT2D eigenvalue weighted by Crippen LogP contribution is 2.26. The van der Waals surface area contributed by atoms with E-state index in [2.05, 4.69) is 4.90 Å². The molecule has 1 heterocycles. The van der Waals surface area contributed by atoms with Crippen LogP contribution in [0, 0.1) is 17.0 Å². The van der Waals surface area contributed by atoms with Gasteiger partial charge < -0.3 is 10.5 Å². The summed E-state index contributed by atoms with van der Waals surface area (Å²) in [5.41, 5.74) is 7.80. The monoisotopic (exact) mass is 293 g/mol. The minimum Gasteiger partial charge on any atom is -0.381 e. The van der Waals surface area contributed by atoms with Crippen LogP contribution in [-0.4, -0.2) is 42.2 Å². The summed E-state index contributed by atoms with van der Waals surface area (Å²) in [5, 5.41) is 11.0. The van der Waals surface area contributed by atoms with Crippen LogP contribution < -0.4 is 5.73 Å². The Kier molecular flexibility index (Phi) is 5.27. The largest absolute Gasteiger partial charge is 0.381 e. The van der Waals surface area contributed by atoms with Crippen molar-refractivity contribution in [3.05, 3.63) is 39.4 Å². The third-order valence-electron chi connectivity index (χ3n) is 4.38. The lowest BCUT2D eigenvalue weighted by molar-refractivity contribution is -0.385. The van der Waals surface area contributed by atoms with Crippen molar-refractivity contribution < 1.29 is 9.66 Å². The number of nitro benzene ring substituents is 1. The predicted molar refractivity (Wildman–Crippen MR) is 81.1 cm³/mol. The standard InChI is InChI=1S/C15H23N3O3/c1-11-12(4-3-5-15(11)18(19)20)10-17-7-6-14(21-2)8-13(17)9-16/h3-5,13-14H,6-10,16H2,1-2H3. The zero-order valence-corrected chi connectivity index (χ0v) is 12.6. The van der Waals surface area contributed by atoms with Crippen molar-refractivity contribution in [2.45, 2.75) is 38.5 Å². The molecule has 6 nitrogen and oxygen atoms in total. The number of ether oxygens (including phenoxy) is 1. The lowest BCUT2D eigenvalue weighted by atomic mass is 9.97. The topological polar surface area (TPSA) is 81.6 Å². The van der Waals surface area contributed by atoms with E-state index >= 15 is 0 Å². The minimum atomic E-state index is -0.323. The molecule has 0 amide bonds. The Balaban J connectivity index is 2.14. The quantitative estimate of drug-likeness (QED) is 0.661. The van der Waals surface area contributed by atoms with E-state index in [0.717, 1.165) is 30.5 Å². The number of nitro groups is 1. The number of rotatable bonds is 5. The van der Waals surface area contributed by atoms with Crippen LogP contribution in [0.1, 0.15) is 24.0 Å². The average Bonchev–Trinajstić information content (AvgIpc) is 2.49. The SMILES string of the molecule is COC1CCN(Cc2cccc([N+](=O)[O-])c2C)C(CN)C1. The second-order valence-electron chi connectivity index (χ2n) is 5.56. The lowest BCUT2D eigenvalue weighted by Crippen LogP contribution is -2.48. The Morgan fingerprint density at radius 1 is 1.52 bits per heavy atom. The fourth-order valence-corrected chi connectivity index (χ4v) is 2.99. The summed E-state index contributed by atoms with van der Waals surface area (Å²) in [6.45, 7) is 4.00. The van der Waals surface area contributed by atoms with Gasteiger partial charge in [-0.3, -0.25) is 15.0 Å². The van der Waals surface area contributed by atoms with Gasteiger partial charge in [0.25, 0.3) is 5.69 Å². The Morgan fingerprint density at radius 2 is 2.29 bits per heavy atom. The van der Waals surface area contributed by atoms with Gasteiger partial charge >= 0.3 is 0 Å². The Morgan fingerprint density at radius 3 is 2.90 bits per heavy atom. The summed E-state index contributed by atoms with van der Waals surface area (Å²) in [5.74, 6) is 0. The number of hydrogen-bond acceptors (Lipinski definition) is 5. The molecular weight excluding hydrogens is 270 g/mol. The van der Waals surface area contributed by atoms with E-state index in [4.69, 9.17) is 10.5 Å². The highest BCUT2D eigenvalue weighted by Gasteiger charge is 2.28. The Labute approximate surface area is 125 Å². The summed E-state index contributed by atoms with van der Waals surface area (Å²) in [4.78, 5) is 13.0. The maximum Gasteiger partial charge on any atom is 0.272 e. The van der Waals surface area contributed by atoms with Gasteiger partial charge in [-0.15, -0.1) is 0 Å². The lowest BCUT2D eigenvalue weighted by Gasteiger charge is -2.38. The Hall–Kier alpha value is -1.50. The van der Waals surface area contributed by atoms with Crippen LogP contribution in [0.4, 0.5) is 5.69 Å². The molecule has 2 rings (SSSR count). The molecule has 2 atom stereocenters. The van der Waals surface area contributed by atoms with Crippen LogP contribution in [-0.2, 0) is 11.3 Å². The van der Waals surface area contributed by atoms with Gasteiger partial charge in [-0.25, -0.2) is 0 Å². The van der Waals surface area contributed by atoms with Crippen molar-refractivity contribution in [3.63, 3.8) is 0 Å². The molecule has 116 valence electrons. The maximum atomic E-state index is 11.0. The van der Waals surface area contributed by atoms with Crippen LogP contribution in [0.3, 0.4) is 0 Å². The van der Waals surface area contributed by atoms with Crippen LogP contribution in [0.15, 0.2) is 18.2 Å². The molecule has 0 radical (unpaired) electrons. The molecular formula is C15H23N3O3. The second kappa shape index (κ2) is 6.98. The van der Waals surface area contributed by atoms with Crippen molar-refractivity contribution in [2.75, 3.05) is 20.2 Å². The molecule has 1 aliphatic heterocycles. The van der Waals surface area contributed by atoms with Gasteiger partial charge in [-0.05, 0) is 25.3 Å². The molecule has 0 aromatic heterocycles. The zero-order valence-electron chi connectivity index (χ0n) is 12.6. The van der Waals surface area contributed by atoms with Crippen molar-refractivity contribution >= 4 is 5.69 Å². The fourth-order valence-electron chi connectivity index (χ4n) is 2.99. The molecule has 6 heteroatoms. The molecule has 1 aliphatic rings. The summed E-state index contributed by atoms with van der Waals surface area (Å²) in [6, 6.07) is 5.52. The molecule has 2 N–H and O–H groups in total. The van der Waals surface area contributed by atoms with Crippen molar-refractivity contribution in [1.82, 2.24) is 4.90 Å². The van der Waals surface area contributed by atoms with E-state index in [1.54, 1.807) is 19.2 Å². The molecule has 1 aromatic rings. The predicted octanol–water partition coefficient (Wildman–Crippen LogP) is 1.84. The van der Waals surface area contributed by atoms with Gasteiger partial charge in [-0.2, -0.15) is 0 Å². The Bertz CT molecular complexity index is 507. The van der Waals surface area contributed by atoms with Crippen LogP contribution >= 0.6 is 0 Å². The molecule has 21 heavy (non-hydrogen) atoms. The van der Waals surface area contributed by atoms with Crippen molar-refractivity contribution in [1.29, 1.82) is 0 Å². The molecule has 2 unspecified atom stereocenters. The molecule has 0 aliphatic carbocycles. The van der Waals surface area contributed by atoms with Gasteiger partial charge in [0.2, 0.25) is 0 Å². The van der Waals surface area contributed by atoms with E-state index < -0.39 is 0 Å². The van der Waals surface area contributed by atoms with Gasteiger partial charge in [0, 0.05) is 44.4 Å². The third-order valence-corrected chi connectivity index (χ3v) is 4.38. The molecule has 0 bridgehead atoms. The first-order valence-electron chi connectivity index (χ1n) is 7.26. The average molecular weight is 293 g/mol. The van der Waals surface area contributed by atoms with E-state index in [1.807, 2.05) is 13.0 Å². The van der Waals surface area contributed by atoms with Gasteiger partial charge in [-0.1, -0.05) is 12.1 Å². The number of hydrogen-bond donors (Lipinski definition) is 1. The van der Waals surface area contributed by atoms with E-state index in [1.165, 1.54) is 0 Å². The summed E-state index contributed by atoms with van der Waals surface area (Å²) >= 11 is 0. The summed E-state index contributed by atoms with van der Waals surface area (Å²) < 4.78 is 5.42. The van der Waals surface area contributed by atoms with Crippen LogP contribution in [0.2, 0.25) is 0 Å². The third kappa shape index (κ3) is 3.58. The highest BCUT2D eigenvalue weighted by molar-refractivity contribution is 5.44. The molecule has 0 saturated carbocycles. The molecule has 1 saturated heterocycles. The number of methoxy groups -OCH3 is 1. The highest BCUT2D eigenvalue weighted by atomic mass is 16.6.